The van der Waals surface area contributed by atoms with Crippen molar-refractivity contribution < 1.29 is 18.7 Å². The summed E-state index contributed by atoms with van der Waals surface area (Å²) in [5.74, 6) is -0.456. The maximum Gasteiger partial charge on any atom is 0.246 e. The average Bonchev–Trinajstić information content (AvgIpc) is 3.25. The van der Waals surface area contributed by atoms with Gasteiger partial charge in [0.25, 0.3) is 0 Å². The lowest BCUT2D eigenvalue weighted by molar-refractivity contribution is -0.135. The molecule has 1 aromatic carbocycles. The molecule has 1 aliphatic heterocycles. The quantitative estimate of drug-likeness (QED) is 0.886. The fraction of sp³-hybridized carbons (Fsp3) is 0.579. The van der Waals surface area contributed by atoms with Crippen molar-refractivity contribution in [2.45, 2.75) is 37.6 Å². The topological polar surface area (TPSA) is 58.6 Å². The summed E-state index contributed by atoms with van der Waals surface area (Å²) in [6.07, 6.45) is 3.40. The SMILES string of the molecule is COCC(=O)N[C@@H]1C[C@H](C(=O)N2CCCC2)[C@@H](c2ccc(F)cc2)C1. The molecule has 136 valence electrons. The highest BCUT2D eigenvalue weighted by molar-refractivity contribution is 5.81. The lowest BCUT2D eigenvalue weighted by atomic mass is 9.88. The Kier molecular flexibility index (Phi) is 5.68. The molecule has 1 saturated carbocycles. The molecule has 25 heavy (non-hydrogen) atoms. The Morgan fingerprint density at radius 3 is 2.52 bits per heavy atom. The van der Waals surface area contributed by atoms with Gasteiger partial charge in [-0.15, -0.1) is 0 Å². The van der Waals surface area contributed by atoms with E-state index in [1.807, 2.05) is 4.90 Å². The third-order valence-corrected chi connectivity index (χ3v) is 5.24. The van der Waals surface area contributed by atoms with Gasteiger partial charge in [-0.05, 0) is 49.3 Å². The summed E-state index contributed by atoms with van der Waals surface area (Å²) in [5.41, 5.74) is 0.961. The van der Waals surface area contributed by atoms with Gasteiger partial charge in [0.1, 0.15) is 12.4 Å². The van der Waals surface area contributed by atoms with Gasteiger partial charge >= 0.3 is 0 Å². The second-order valence-corrected chi connectivity index (χ2v) is 6.97. The number of hydrogen-bond donors (Lipinski definition) is 1. The molecule has 3 rings (SSSR count). The smallest absolute Gasteiger partial charge is 0.246 e. The van der Waals surface area contributed by atoms with E-state index < -0.39 is 0 Å². The van der Waals surface area contributed by atoms with Crippen LogP contribution < -0.4 is 5.32 Å². The summed E-state index contributed by atoms with van der Waals surface area (Å²) < 4.78 is 18.1. The van der Waals surface area contributed by atoms with Gasteiger partial charge in [0.15, 0.2) is 0 Å². The molecule has 2 amide bonds. The highest BCUT2D eigenvalue weighted by atomic mass is 19.1. The fourth-order valence-corrected chi connectivity index (χ4v) is 4.08. The third-order valence-electron chi connectivity index (χ3n) is 5.24. The van der Waals surface area contributed by atoms with Crippen LogP contribution in [0.1, 0.15) is 37.2 Å². The summed E-state index contributed by atoms with van der Waals surface area (Å²) in [7, 11) is 1.48. The summed E-state index contributed by atoms with van der Waals surface area (Å²) in [4.78, 5) is 26.7. The lowest BCUT2D eigenvalue weighted by Gasteiger charge is -2.24. The molecule has 5 nitrogen and oxygen atoms in total. The first-order chi connectivity index (χ1) is 12.1. The molecule has 1 saturated heterocycles. The zero-order valence-electron chi connectivity index (χ0n) is 14.5. The Morgan fingerprint density at radius 2 is 1.88 bits per heavy atom. The first-order valence-electron chi connectivity index (χ1n) is 8.91. The van der Waals surface area contributed by atoms with E-state index in [1.165, 1.54) is 19.2 Å². The van der Waals surface area contributed by atoms with Crippen molar-refractivity contribution in [1.29, 1.82) is 0 Å². The van der Waals surface area contributed by atoms with E-state index in [4.69, 9.17) is 4.74 Å². The maximum atomic E-state index is 13.3. The molecule has 0 bridgehead atoms. The van der Waals surface area contributed by atoms with Crippen LogP contribution in [0.4, 0.5) is 4.39 Å². The number of nitrogens with zero attached hydrogens (tertiary/aromatic N) is 1. The van der Waals surface area contributed by atoms with E-state index in [0.29, 0.717) is 12.8 Å². The van der Waals surface area contributed by atoms with Crippen molar-refractivity contribution in [2.24, 2.45) is 5.92 Å². The van der Waals surface area contributed by atoms with E-state index in [2.05, 4.69) is 5.32 Å². The zero-order valence-corrected chi connectivity index (χ0v) is 14.5. The van der Waals surface area contributed by atoms with Crippen LogP contribution in [0.2, 0.25) is 0 Å². The Bertz CT molecular complexity index is 614. The minimum Gasteiger partial charge on any atom is -0.375 e. The van der Waals surface area contributed by atoms with Gasteiger partial charge in [-0.25, -0.2) is 4.39 Å². The van der Waals surface area contributed by atoms with Crippen molar-refractivity contribution in [2.75, 3.05) is 26.8 Å². The van der Waals surface area contributed by atoms with Crippen molar-refractivity contribution >= 4 is 11.8 Å². The Morgan fingerprint density at radius 1 is 1.20 bits per heavy atom. The minimum atomic E-state index is -0.283. The van der Waals surface area contributed by atoms with Gasteiger partial charge in [0.2, 0.25) is 11.8 Å². The first-order valence-corrected chi connectivity index (χ1v) is 8.91. The number of nitrogens with one attached hydrogen (secondary N) is 1. The Labute approximate surface area is 147 Å². The predicted octanol–water partition coefficient (Wildman–Crippen LogP) is 2.07. The van der Waals surface area contributed by atoms with Crippen LogP contribution in [0.3, 0.4) is 0 Å². The van der Waals surface area contributed by atoms with Crippen molar-refractivity contribution in [3.63, 3.8) is 0 Å². The summed E-state index contributed by atoms with van der Waals surface area (Å²) in [5, 5.41) is 2.96. The van der Waals surface area contributed by atoms with Crippen LogP contribution in [-0.2, 0) is 14.3 Å². The highest BCUT2D eigenvalue weighted by Crippen LogP contribution is 2.41. The first kappa shape index (κ1) is 17.9. The molecule has 1 aliphatic carbocycles. The van der Waals surface area contributed by atoms with Crippen LogP contribution in [0, 0.1) is 11.7 Å². The van der Waals surface area contributed by atoms with Gasteiger partial charge < -0.3 is 15.0 Å². The summed E-state index contributed by atoms with van der Waals surface area (Å²) >= 11 is 0. The molecule has 0 radical (unpaired) electrons. The number of carbonyl (C=O) groups is 2. The van der Waals surface area contributed by atoms with Gasteiger partial charge in [-0.1, -0.05) is 12.1 Å². The van der Waals surface area contributed by atoms with Crippen LogP contribution >= 0.6 is 0 Å². The van der Waals surface area contributed by atoms with Crippen molar-refractivity contribution in [1.82, 2.24) is 10.2 Å². The Hall–Kier alpha value is -1.95. The monoisotopic (exact) mass is 348 g/mol. The molecule has 0 spiro atoms. The highest BCUT2D eigenvalue weighted by Gasteiger charge is 2.42. The van der Waals surface area contributed by atoms with Crippen LogP contribution in [0.5, 0.6) is 0 Å². The number of hydrogen-bond acceptors (Lipinski definition) is 3. The number of methoxy groups -OCH3 is 1. The molecule has 1 aromatic rings. The zero-order chi connectivity index (χ0) is 17.8. The number of benzene rings is 1. The van der Waals surface area contributed by atoms with E-state index in [1.54, 1.807) is 12.1 Å². The number of ether oxygens (including phenoxy) is 1. The normalized spacial score (nSPS) is 26.0. The van der Waals surface area contributed by atoms with E-state index in [9.17, 15) is 14.0 Å². The molecular formula is C19H25FN2O3. The number of halogens is 1. The fourth-order valence-electron chi connectivity index (χ4n) is 4.08. The summed E-state index contributed by atoms with van der Waals surface area (Å²) in [6, 6.07) is 6.31. The molecule has 0 unspecified atom stereocenters. The summed E-state index contributed by atoms with van der Waals surface area (Å²) in [6.45, 7) is 1.64. The molecule has 0 aromatic heterocycles. The molecule has 1 N–H and O–H groups in total. The molecule has 2 fully saturated rings. The maximum absolute atomic E-state index is 13.3. The molecule has 6 heteroatoms. The second-order valence-electron chi connectivity index (χ2n) is 6.97. The van der Waals surface area contributed by atoms with Gasteiger partial charge in [-0.2, -0.15) is 0 Å². The number of carbonyl (C=O) groups excluding carboxylic acids is 2. The standard InChI is InChI=1S/C19H25FN2O3/c1-25-12-18(23)21-15-10-16(13-4-6-14(20)7-5-13)17(11-15)19(24)22-8-2-3-9-22/h4-7,15-17H,2-3,8-12H2,1H3,(H,21,23)/t15-,16+,17-/m0/s1. The van der Waals surface area contributed by atoms with Crippen LogP contribution in [0.25, 0.3) is 0 Å². The molecular weight excluding hydrogens is 323 g/mol. The number of likely N-dealkylation sites (tertiary alicyclic amines) is 1. The third kappa shape index (κ3) is 4.18. The Balaban J connectivity index is 1.76. The van der Waals surface area contributed by atoms with Crippen LogP contribution in [-0.4, -0.2) is 49.6 Å². The largest absolute Gasteiger partial charge is 0.375 e. The van der Waals surface area contributed by atoms with Gasteiger partial charge in [0.05, 0.1) is 0 Å². The average molecular weight is 348 g/mol. The minimum absolute atomic E-state index is 0.00143. The van der Waals surface area contributed by atoms with E-state index in [0.717, 1.165) is 31.5 Å². The van der Waals surface area contributed by atoms with E-state index >= 15 is 0 Å². The van der Waals surface area contributed by atoms with E-state index in [-0.39, 0.29) is 42.1 Å². The second kappa shape index (κ2) is 7.95. The number of rotatable bonds is 5. The number of amides is 2. The molecule has 3 atom stereocenters. The molecule has 1 heterocycles. The van der Waals surface area contributed by atoms with Crippen LogP contribution in [0.15, 0.2) is 24.3 Å². The van der Waals surface area contributed by atoms with Gasteiger partial charge in [-0.3, -0.25) is 9.59 Å². The van der Waals surface area contributed by atoms with Crippen molar-refractivity contribution in [3.05, 3.63) is 35.6 Å². The van der Waals surface area contributed by atoms with Crippen molar-refractivity contribution in [3.8, 4) is 0 Å². The van der Waals surface area contributed by atoms with Gasteiger partial charge in [0, 0.05) is 32.2 Å². The lowest BCUT2D eigenvalue weighted by Crippen LogP contribution is -2.37. The predicted molar refractivity (Wildman–Crippen MR) is 91.5 cm³/mol. The molecule has 2 aliphatic rings.